The van der Waals surface area contributed by atoms with E-state index in [9.17, 15) is 4.79 Å². The molecule has 35 heavy (non-hydrogen) atoms. The fourth-order valence-electron chi connectivity index (χ4n) is 3.99. The Bertz CT molecular complexity index is 1170. The summed E-state index contributed by atoms with van der Waals surface area (Å²) in [6.07, 6.45) is 11.1. The summed E-state index contributed by atoms with van der Waals surface area (Å²) in [6, 6.07) is 7.07. The van der Waals surface area contributed by atoms with Crippen molar-refractivity contribution < 1.29 is 28.5 Å². The van der Waals surface area contributed by atoms with Gasteiger partial charge in [-0.05, 0) is 82.2 Å². The molecule has 1 aliphatic heterocycles. The van der Waals surface area contributed by atoms with Crippen LogP contribution in [0.5, 0.6) is 28.7 Å². The first-order valence-electron chi connectivity index (χ1n) is 11.5. The van der Waals surface area contributed by atoms with E-state index < -0.39 is 5.60 Å². The van der Waals surface area contributed by atoms with Crippen molar-refractivity contribution in [3.05, 3.63) is 64.8 Å². The average molecular weight is 479 g/mol. The standard InChI is InChI=1S/C29H34O6/c1-19(2)9-8-15-29(3)16-14-22-27(34-7)23(18-26(33-6)28(22)35-29)24(30)12-10-20-17-21(31-4)11-13-25(20)32-5/h9-14,16-18H,8,15H2,1-7H3. The first kappa shape index (κ1) is 25.9. The third-order valence-electron chi connectivity index (χ3n) is 5.90. The lowest BCUT2D eigenvalue weighted by Crippen LogP contribution is -2.32. The zero-order valence-electron chi connectivity index (χ0n) is 21.6. The van der Waals surface area contributed by atoms with E-state index in [1.807, 2.05) is 19.1 Å². The molecule has 2 aromatic carbocycles. The van der Waals surface area contributed by atoms with Gasteiger partial charge in [-0.25, -0.2) is 0 Å². The number of carbonyl (C=O) groups excluding carboxylic acids is 1. The molecule has 0 spiro atoms. The molecule has 3 rings (SSSR count). The van der Waals surface area contributed by atoms with Crippen molar-refractivity contribution in [3.8, 4) is 28.7 Å². The minimum atomic E-state index is -0.494. The predicted octanol–water partition coefficient (Wildman–Crippen LogP) is 6.53. The van der Waals surface area contributed by atoms with Gasteiger partial charge in [0.15, 0.2) is 17.3 Å². The van der Waals surface area contributed by atoms with Crippen LogP contribution in [-0.4, -0.2) is 39.8 Å². The zero-order chi connectivity index (χ0) is 25.6. The van der Waals surface area contributed by atoms with Crippen LogP contribution in [0.3, 0.4) is 0 Å². The number of hydrogen-bond donors (Lipinski definition) is 0. The van der Waals surface area contributed by atoms with E-state index >= 15 is 0 Å². The molecule has 1 atom stereocenters. The molecule has 0 saturated heterocycles. The first-order valence-corrected chi connectivity index (χ1v) is 11.5. The second-order valence-corrected chi connectivity index (χ2v) is 8.78. The Morgan fingerprint density at radius 3 is 2.37 bits per heavy atom. The highest BCUT2D eigenvalue weighted by molar-refractivity contribution is 6.10. The third-order valence-corrected chi connectivity index (χ3v) is 5.90. The first-order chi connectivity index (χ1) is 16.7. The number of methoxy groups -OCH3 is 4. The van der Waals surface area contributed by atoms with Gasteiger partial charge in [-0.15, -0.1) is 0 Å². The molecule has 0 saturated carbocycles. The van der Waals surface area contributed by atoms with E-state index in [4.69, 9.17) is 23.7 Å². The number of benzene rings is 2. The maximum Gasteiger partial charge on any atom is 0.189 e. The van der Waals surface area contributed by atoms with Crippen molar-refractivity contribution in [2.24, 2.45) is 0 Å². The highest BCUT2D eigenvalue weighted by Gasteiger charge is 2.32. The van der Waals surface area contributed by atoms with Crippen LogP contribution < -0.4 is 23.7 Å². The van der Waals surface area contributed by atoms with Gasteiger partial charge in [-0.2, -0.15) is 0 Å². The lowest BCUT2D eigenvalue weighted by molar-refractivity contribution is 0.104. The highest BCUT2D eigenvalue weighted by atomic mass is 16.5. The normalized spacial score (nSPS) is 16.3. The van der Waals surface area contributed by atoms with Crippen LogP contribution in [0.4, 0.5) is 0 Å². The molecule has 186 valence electrons. The Kier molecular flexibility index (Phi) is 8.28. The molecule has 1 unspecified atom stereocenters. The van der Waals surface area contributed by atoms with Gasteiger partial charge < -0.3 is 23.7 Å². The average Bonchev–Trinajstić information content (AvgIpc) is 2.85. The summed E-state index contributed by atoms with van der Waals surface area (Å²) < 4.78 is 28.4. The van der Waals surface area contributed by atoms with Gasteiger partial charge in [0.2, 0.25) is 0 Å². The van der Waals surface area contributed by atoms with Crippen molar-refractivity contribution in [3.63, 3.8) is 0 Å². The predicted molar refractivity (Wildman–Crippen MR) is 139 cm³/mol. The van der Waals surface area contributed by atoms with Crippen LogP contribution in [0.2, 0.25) is 0 Å². The summed E-state index contributed by atoms with van der Waals surface area (Å²) in [5.74, 6) is 2.55. The number of carbonyl (C=O) groups is 1. The fourth-order valence-corrected chi connectivity index (χ4v) is 3.99. The maximum absolute atomic E-state index is 13.3. The summed E-state index contributed by atoms with van der Waals surface area (Å²) in [5, 5.41) is 0. The van der Waals surface area contributed by atoms with Crippen LogP contribution in [0.25, 0.3) is 12.2 Å². The number of fused-ring (bicyclic) bond motifs is 1. The summed E-state index contributed by atoms with van der Waals surface area (Å²) in [5.41, 5.74) is 2.56. The zero-order valence-corrected chi connectivity index (χ0v) is 21.6. The number of ketones is 1. The monoisotopic (exact) mass is 478 g/mol. The van der Waals surface area contributed by atoms with E-state index in [0.717, 1.165) is 18.4 Å². The Balaban J connectivity index is 1.97. The molecule has 0 N–H and O–H groups in total. The Morgan fingerprint density at radius 2 is 1.74 bits per heavy atom. The Morgan fingerprint density at radius 1 is 1.00 bits per heavy atom. The molecule has 2 aromatic rings. The molecule has 0 bridgehead atoms. The topological polar surface area (TPSA) is 63.2 Å². The summed E-state index contributed by atoms with van der Waals surface area (Å²) in [4.78, 5) is 13.3. The quantitative estimate of drug-likeness (QED) is 0.220. The largest absolute Gasteiger partial charge is 0.497 e. The number of rotatable bonds is 10. The summed E-state index contributed by atoms with van der Waals surface area (Å²) >= 11 is 0. The highest BCUT2D eigenvalue weighted by Crippen LogP contribution is 2.46. The minimum Gasteiger partial charge on any atom is -0.497 e. The minimum absolute atomic E-state index is 0.238. The summed E-state index contributed by atoms with van der Waals surface area (Å²) in [7, 11) is 6.28. The lowest BCUT2D eigenvalue weighted by atomic mass is 9.92. The SMILES string of the molecule is COc1ccc(OC)c(C=CC(=O)c2cc(OC)c3c(c2OC)C=CC(C)(CCC=C(C)C)O3)c1. The molecule has 0 radical (unpaired) electrons. The van der Waals surface area contributed by atoms with Crippen LogP contribution in [0.1, 0.15) is 55.1 Å². The van der Waals surface area contributed by atoms with Crippen LogP contribution in [-0.2, 0) is 0 Å². The van der Waals surface area contributed by atoms with E-state index in [-0.39, 0.29) is 5.78 Å². The molecule has 0 aromatic heterocycles. The van der Waals surface area contributed by atoms with Crippen LogP contribution in [0.15, 0.2) is 48.1 Å². The molecular formula is C29H34O6. The van der Waals surface area contributed by atoms with Crippen molar-refractivity contribution in [2.45, 2.75) is 39.2 Å². The molecule has 0 aliphatic carbocycles. The second kappa shape index (κ2) is 11.2. The van der Waals surface area contributed by atoms with Crippen molar-refractivity contribution in [2.75, 3.05) is 28.4 Å². The number of ether oxygens (including phenoxy) is 5. The molecule has 1 aliphatic rings. The molecule has 0 amide bonds. The van der Waals surface area contributed by atoms with Gasteiger partial charge in [0, 0.05) is 5.56 Å². The van der Waals surface area contributed by atoms with Gasteiger partial charge in [0.1, 0.15) is 22.8 Å². The molecule has 0 fully saturated rings. The Labute approximate surface area is 207 Å². The lowest BCUT2D eigenvalue weighted by Gasteiger charge is -2.33. The van der Waals surface area contributed by atoms with E-state index in [1.54, 1.807) is 58.8 Å². The molecule has 1 heterocycles. The maximum atomic E-state index is 13.3. The van der Waals surface area contributed by atoms with Crippen LogP contribution >= 0.6 is 0 Å². The van der Waals surface area contributed by atoms with Gasteiger partial charge >= 0.3 is 0 Å². The Hall–Kier alpha value is -3.67. The van der Waals surface area contributed by atoms with E-state index in [0.29, 0.717) is 39.9 Å². The van der Waals surface area contributed by atoms with Gasteiger partial charge in [0.05, 0.1) is 39.6 Å². The molecule has 6 nitrogen and oxygen atoms in total. The van der Waals surface area contributed by atoms with Crippen molar-refractivity contribution >= 4 is 17.9 Å². The third kappa shape index (κ3) is 5.88. The fraction of sp³-hybridized carbons (Fsp3) is 0.345. The molecular weight excluding hydrogens is 444 g/mol. The molecule has 6 heteroatoms. The van der Waals surface area contributed by atoms with Gasteiger partial charge in [-0.1, -0.05) is 11.6 Å². The van der Waals surface area contributed by atoms with Crippen molar-refractivity contribution in [1.82, 2.24) is 0 Å². The van der Waals surface area contributed by atoms with E-state index in [2.05, 4.69) is 19.9 Å². The van der Waals surface area contributed by atoms with Crippen LogP contribution in [0, 0.1) is 0 Å². The number of allylic oxidation sites excluding steroid dienone is 3. The van der Waals surface area contributed by atoms with Gasteiger partial charge in [-0.3, -0.25) is 4.79 Å². The smallest absolute Gasteiger partial charge is 0.189 e. The van der Waals surface area contributed by atoms with Gasteiger partial charge in [0.25, 0.3) is 0 Å². The summed E-state index contributed by atoms with van der Waals surface area (Å²) in [6.45, 7) is 6.21. The second-order valence-electron chi connectivity index (χ2n) is 8.78. The van der Waals surface area contributed by atoms with Crippen molar-refractivity contribution in [1.29, 1.82) is 0 Å². The van der Waals surface area contributed by atoms with E-state index in [1.165, 1.54) is 11.6 Å². The number of hydrogen-bond acceptors (Lipinski definition) is 6.